The van der Waals surface area contributed by atoms with Crippen LogP contribution in [0.1, 0.15) is 37.5 Å². The van der Waals surface area contributed by atoms with Crippen molar-refractivity contribution >= 4 is 17.2 Å². The first-order chi connectivity index (χ1) is 9.85. The first-order valence-electron chi connectivity index (χ1n) is 7.28. The van der Waals surface area contributed by atoms with E-state index in [9.17, 15) is 0 Å². The van der Waals surface area contributed by atoms with Crippen LogP contribution in [0.4, 0.5) is 5.82 Å². The van der Waals surface area contributed by atoms with Crippen LogP contribution in [0.3, 0.4) is 0 Å². The molecule has 0 aromatic carbocycles. The number of hydrogen-bond acceptors (Lipinski definition) is 4. The molecule has 4 heteroatoms. The standard InChI is InChI=1S/C17H25N3S/c1-13-8-15(10-19-17(2,3)4)9-18-16(13)20(5)11-14-6-7-21-12-14/h6-9,12,19H,10-11H2,1-5H3. The van der Waals surface area contributed by atoms with Crippen molar-refractivity contribution in [3.05, 3.63) is 45.8 Å². The van der Waals surface area contributed by atoms with Crippen molar-refractivity contribution in [3.63, 3.8) is 0 Å². The van der Waals surface area contributed by atoms with Crippen LogP contribution in [-0.2, 0) is 13.1 Å². The molecule has 0 amide bonds. The molecule has 1 N–H and O–H groups in total. The number of aromatic nitrogens is 1. The lowest BCUT2D eigenvalue weighted by Gasteiger charge is -2.22. The second-order valence-corrected chi connectivity index (χ2v) is 7.36. The van der Waals surface area contributed by atoms with Crippen molar-refractivity contribution in [1.82, 2.24) is 10.3 Å². The minimum atomic E-state index is 0.127. The SMILES string of the molecule is Cc1cc(CNC(C)(C)C)cnc1N(C)Cc1ccsc1. The van der Waals surface area contributed by atoms with E-state index >= 15 is 0 Å². The molecular formula is C17H25N3S. The van der Waals surface area contributed by atoms with Crippen molar-refractivity contribution < 1.29 is 0 Å². The van der Waals surface area contributed by atoms with Gasteiger partial charge < -0.3 is 10.2 Å². The van der Waals surface area contributed by atoms with E-state index in [1.165, 1.54) is 16.7 Å². The van der Waals surface area contributed by atoms with Crippen LogP contribution in [0.2, 0.25) is 0 Å². The van der Waals surface area contributed by atoms with Gasteiger partial charge in [-0.25, -0.2) is 4.98 Å². The molecule has 0 saturated carbocycles. The fraction of sp³-hybridized carbons (Fsp3) is 0.471. The Hall–Kier alpha value is -1.39. The molecule has 21 heavy (non-hydrogen) atoms. The van der Waals surface area contributed by atoms with E-state index in [0.29, 0.717) is 0 Å². The average molecular weight is 303 g/mol. The third-order valence-corrected chi connectivity index (χ3v) is 4.02. The van der Waals surface area contributed by atoms with Gasteiger partial charge in [-0.15, -0.1) is 0 Å². The van der Waals surface area contributed by atoms with E-state index in [2.05, 4.69) is 72.8 Å². The molecule has 0 aliphatic rings. The Bertz CT molecular complexity index is 570. The maximum atomic E-state index is 4.65. The van der Waals surface area contributed by atoms with Gasteiger partial charge in [-0.3, -0.25) is 0 Å². The van der Waals surface area contributed by atoms with E-state index in [-0.39, 0.29) is 5.54 Å². The number of anilines is 1. The number of hydrogen-bond donors (Lipinski definition) is 1. The Morgan fingerprint density at radius 2 is 2.05 bits per heavy atom. The van der Waals surface area contributed by atoms with Gasteiger partial charge in [-0.1, -0.05) is 0 Å². The van der Waals surface area contributed by atoms with Crippen LogP contribution in [0, 0.1) is 6.92 Å². The molecule has 2 rings (SSSR count). The molecule has 0 unspecified atom stereocenters. The van der Waals surface area contributed by atoms with Gasteiger partial charge in [-0.05, 0) is 67.3 Å². The molecule has 3 nitrogen and oxygen atoms in total. The quantitative estimate of drug-likeness (QED) is 0.905. The topological polar surface area (TPSA) is 28.2 Å². The molecule has 2 aromatic rings. The molecule has 0 spiro atoms. The summed E-state index contributed by atoms with van der Waals surface area (Å²) in [6.45, 7) is 10.4. The highest BCUT2D eigenvalue weighted by Gasteiger charge is 2.11. The molecule has 114 valence electrons. The molecule has 2 heterocycles. The maximum Gasteiger partial charge on any atom is 0.131 e. The fourth-order valence-corrected chi connectivity index (χ4v) is 2.88. The molecule has 0 radical (unpaired) electrons. The van der Waals surface area contributed by atoms with Gasteiger partial charge >= 0.3 is 0 Å². The Balaban J connectivity index is 2.04. The molecule has 0 bridgehead atoms. The zero-order chi connectivity index (χ0) is 15.5. The number of aryl methyl sites for hydroxylation is 1. The highest BCUT2D eigenvalue weighted by Crippen LogP contribution is 2.20. The average Bonchev–Trinajstić information content (AvgIpc) is 2.88. The summed E-state index contributed by atoms with van der Waals surface area (Å²) >= 11 is 1.74. The number of pyridine rings is 1. The number of rotatable bonds is 5. The van der Waals surface area contributed by atoms with Crippen molar-refractivity contribution in [2.45, 2.75) is 46.3 Å². The Kier molecular flexibility index (Phi) is 5.01. The van der Waals surface area contributed by atoms with Crippen LogP contribution >= 0.6 is 11.3 Å². The van der Waals surface area contributed by atoms with E-state index in [4.69, 9.17) is 0 Å². The molecule has 0 aliphatic heterocycles. The largest absolute Gasteiger partial charge is 0.355 e. The predicted octanol–water partition coefficient (Wildman–Crippen LogP) is 3.98. The summed E-state index contributed by atoms with van der Waals surface area (Å²) in [6, 6.07) is 4.39. The molecule has 2 aromatic heterocycles. The Labute approximate surface area is 132 Å². The summed E-state index contributed by atoms with van der Waals surface area (Å²) < 4.78 is 0. The van der Waals surface area contributed by atoms with Gasteiger partial charge in [0.05, 0.1) is 0 Å². The molecule has 0 fully saturated rings. The lowest BCUT2D eigenvalue weighted by atomic mass is 10.1. The second kappa shape index (κ2) is 6.58. The Morgan fingerprint density at radius 1 is 1.29 bits per heavy atom. The molecule has 0 saturated heterocycles. The van der Waals surface area contributed by atoms with Crippen LogP contribution < -0.4 is 10.2 Å². The van der Waals surface area contributed by atoms with E-state index in [0.717, 1.165) is 18.9 Å². The van der Waals surface area contributed by atoms with Crippen LogP contribution in [-0.4, -0.2) is 17.6 Å². The predicted molar refractivity (Wildman–Crippen MR) is 92.0 cm³/mol. The number of thiophene rings is 1. The zero-order valence-electron chi connectivity index (χ0n) is 13.6. The normalized spacial score (nSPS) is 11.7. The lowest BCUT2D eigenvalue weighted by molar-refractivity contribution is 0.424. The van der Waals surface area contributed by atoms with Gasteiger partial charge in [0.2, 0.25) is 0 Å². The summed E-state index contributed by atoms with van der Waals surface area (Å²) in [5.74, 6) is 1.06. The Morgan fingerprint density at radius 3 is 2.62 bits per heavy atom. The first kappa shape index (κ1) is 16.0. The van der Waals surface area contributed by atoms with Gasteiger partial charge in [0, 0.05) is 31.9 Å². The number of nitrogens with one attached hydrogen (secondary N) is 1. The van der Waals surface area contributed by atoms with Gasteiger partial charge in [-0.2, -0.15) is 11.3 Å². The van der Waals surface area contributed by atoms with Crippen LogP contribution in [0.25, 0.3) is 0 Å². The van der Waals surface area contributed by atoms with Gasteiger partial charge in [0.25, 0.3) is 0 Å². The molecule has 0 atom stereocenters. The van der Waals surface area contributed by atoms with Crippen LogP contribution in [0.5, 0.6) is 0 Å². The highest BCUT2D eigenvalue weighted by molar-refractivity contribution is 7.07. The lowest BCUT2D eigenvalue weighted by Crippen LogP contribution is -2.35. The fourth-order valence-electron chi connectivity index (χ4n) is 2.22. The van der Waals surface area contributed by atoms with Crippen molar-refractivity contribution in [2.24, 2.45) is 0 Å². The summed E-state index contributed by atoms with van der Waals surface area (Å²) in [7, 11) is 2.10. The zero-order valence-corrected chi connectivity index (χ0v) is 14.4. The van der Waals surface area contributed by atoms with E-state index in [1.807, 2.05) is 6.20 Å². The molecule has 0 aliphatic carbocycles. The summed E-state index contributed by atoms with van der Waals surface area (Å²) in [6.07, 6.45) is 1.98. The first-order valence-corrected chi connectivity index (χ1v) is 8.22. The highest BCUT2D eigenvalue weighted by atomic mass is 32.1. The van der Waals surface area contributed by atoms with Crippen molar-refractivity contribution in [3.8, 4) is 0 Å². The van der Waals surface area contributed by atoms with E-state index in [1.54, 1.807) is 11.3 Å². The monoisotopic (exact) mass is 303 g/mol. The van der Waals surface area contributed by atoms with E-state index < -0.39 is 0 Å². The summed E-state index contributed by atoms with van der Waals surface area (Å²) in [5.41, 5.74) is 3.92. The minimum absolute atomic E-state index is 0.127. The molecular weight excluding hydrogens is 278 g/mol. The third kappa shape index (κ3) is 4.83. The summed E-state index contributed by atoms with van der Waals surface area (Å²) in [4.78, 5) is 6.86. The smallest absolute Gasteiger partial charge is 0.131 e. The van der Waals surface area contributed by atoms with Gasteiger partial charge in [0.1, 0.15) is 5.82 Å². The van der Waals surface area contributed by atoms with Crippen molar-refractivity contribution in [2.75, 3.05) is 11.9 Å². The van der Waals surface area contributed by atoms with Crippen LogP contribution in [0.15, 0.2) is 29.1 Å². The third-order valence-electron chi connectivity index (χ3n) is 3.29. The second-order valence-electron chi connectivity index (χ2n) is 6.58. The summed E-state index contributed by atoms with van der Waals surface area (Å²) in [5, 5.41) is 7.80. The van der Waals surface area contributed by atoms with Gasteiger partial charge in [0.15, 0.2) is 0 Å². The minimum Gasteiger partial charge on any atom is -0.355 e. The number of nitrogens with zero attached hydrogens (tertiary/aromatic N) is 2. The van der Waals surface area contributed by atoms with Crippen molar-refractivity contribution in [1.29, 1.82) is 0 Å². The maximum absolute atomic E-state index is 4.65.